The Morgan fingerprint density at radius 3 is 2.38 bits per heavy atom. The Morgan fingerprint density at radius 2 is 1.86 bits per heavy atom. The standard InChI is InChI=1S/C17H27NO2S/c1-4-17(5-2,13-19)12-18-16(20)10-11-21-15-8-6-14(3)7-9-15/h6-9,19H,4-5,10-13H2,1-3H3,(H,18,20). The third-order valence-corrected chi connectivity index (χ3v) is 5.13. The van der Waals surface area contributed by atoms with Gasteiger partial charge in [0.1, 0.15) is 0 Å². The second kappa shape index (κ2) is 9.11. The summed E-state index contributed by atoms with van der Waals surface area (Å²) < 4.78 is 0. The fraction of sp³-hybridized carbons (Fsp3) is 0.588. The Morgan fingerprint density at radius 1 is 1.24 bits per heavy atom. The summed E-state index contributed by atoms with van der Waals surface area (Å²) in [5.41, 5.74) is 1.08. The highest BCUT2D eigenvalue weighted by atomic mass is 32.2. The lowest BCUT2D eigenvalue weighted by Crippen LogP contribution is -2.39. The van der Waals surface area contributed by atoms with Gasteiger partial charge in [0.05, 0.1) is 6.61 Å². The minimum Gasteiger partial charge on any atom is -0.396 e. The molecule has 2 N–H and O–H groups in total. The molecule has 1 rings (SSSR count). The van der Waals surface area contributed by atoms with Crippen molar-refractivity contribution in [2.45, 2.75) is 44.9 Å². The smallest absolute Gasteiger partial charge is 0.220 e. The Balaban J connectivity index is 2.29. The van der Waals surface area contributed by atoms with Gasteiger partial charge in [-0.2, -0.15) is 0 Å². The summed E-state index contributed by atoms with van der Waals surface area (Å²) >= 11 is 1.70. The molecule has 0 bridgehead atoms. The second-order valence-electron chi connectivity index (χ2n) is 5.55. The molecule has 118 valence electrons. The van der Waals surface area contributed by atoms with Gasteiger partial charge in [-0.15, -0.1) is 11.8 Å². The van der Waals surface area contributed by atoms with E-state index in [1.165, 1.54) is 10.5 Å². The zero-order chi connectivity index (χ0) is 15.7. The monoisotopic (exact) mass is 309 g/mol. The van der Waals surface area contributed by atoms with Crippen LogP contribution in [0.15, 0.2) is 29.2 Å². The number of benzene rings is 1. The predicted octanol–water partition coefficient (Wildman–Crippen LogP) is 3.39. The maximum absolute atomic E-state index is 11.9. The Kier molecular flexibility index (Phi) is 7.83. The van der Waals surface area contributed by atoms with Crippen molar-refractivity contribution in [3.05, 3.63) is 29.8 Å². The van der Waals surface area contributed by atoms with Gasteiger partial charge in [-0.25, -0.2) is 0 Å². The van der Waals surface area contributed by atoms with Crippen molar-refractivity contribution in [1.29, 1.82) is 0 Å². The summed E-state index contributed by atoms with van der Waals surface area (Å²) in [6, 6.07) is 8.34. The molecular weight excluding hydrogens is 282 g/mol. The highest BCUT2D eigenvalue weighted by molar-refractivity contribution is 7.99. The summed E-state index contributed by atoms with van der Waals surface area (Å²) in [5, 5.41) is 12.4. The fourth-order valence-corrected chi connectivity index (χ4v) is 2.90. The summed E-state index contributed by atoms with van der Waals surface area (Å²) in [6.45, 7) is 6.86. The molecule has 4 heteroatoms. The van der Waals surface area contributed by atoms with E-state index in [1.807, 2.05) is 0 Å². The molecule has 1 aromatic rings. The van der Waals surface area contributed by atoms with Crippen molar-refractivity contribution < 1.29 is 9.90 Å². The lowest BCUT2D eigenvalue weighted by atomic mass is 9.83. The van der Waals surface area contributed by atoms with Gasteiger partial charge in [0, 0.05) is 29.0 Å². The molecule has 0 spiro atoms. The molecule has 21 heavy (non-hydrogen) atoms. The van der Waals surface area contributed by atoms with E-state index >= 15 is 0 Å². The maximum Gasteiger partial charge on any atom is 0.220 e. The van der Waals surface area contributed by atoms with Crippen molar-refractivity contribution in [2.75, 3.05) is 18.9 Å². The topological polar surface area (TPSA) is 49.3 Å². The molecule has 0 aromatic heterocycles. The number of carbonyl (C=O) groups is 1. The van der Waals surface area contributed by atoms with Crippen LogP contribution in [-0.4, -0.2) is 29.9 Å². The van der Waals surface area contributed by atoms with Crippen LogP contribution < -0.4 is 5.32 Å². The molecule has 0 saturated heterocycles. The number of rotatable bonds is 9. The number of amides is 1. The van der Waals surface area contributed by atoms with Crippen molar-refractivity contribution in [1.82, 2.24) is 5.32 Å². The molecule has 0 radical (unpaired) electrons. The third-order valence-electron chi connectivity index (χ3n) is 4.11. The summed E-state index contributed by atoms with van der Waals surface area (Å²) in [4.78, 5) is 13.1. The predicted molar refractivity (Wildman–Crippen MR) is 89.6 cm³/mol. The van der Waals surface area contributed by atoms with Gasteiger partial charge in [-0.05, 0) is 31.9 Å². The summed E-state index contributed by atoms with van der Waals surface area (Å²) in [5.74, 6) is 0.841. The van der Waals surface area contributed by atoms with Crippen molar-refractivity contribution in [3.63, 3.8) is 0 Å². The molecule has 0 atom stereocenters. The van der Waals surface area contributed by atoms with E-state index in [2.05, 4.69) is 50.4 Å². The van der Waals surface area contributed by atoms with Crippen LogP contribution in [0.3, 0.4) is 0 Å². The largest absolute Gasteiger partial charge is 0.396 e. The van der Waals surface area contributed by atoms with E-state index in [9.17, 15) is 9.90 Å². The van der Waals surface area contributed by atoms with Crippen molar-refractivity contribution in [3.8, 4) is 0 Å². The third kappa shape index (κ3) is 6.10. The number of aliphatic hydroxyl groups is 1. The average Bonchev–Trinajstić information content (AvgIpc) is 2.51. The highest BCUT2D eigenvalue weighted by Crippen LogP contribution is 2.24. The number of aliphatic hydroxyl groups excluding tert-OH is 1. The summed E-state index contributed by atoms with van der Waals surface area (Å²) in [6.07, 6.45) is 2.25. The molecular formula is C17H27NO2S. The SMILES string of the molecule is CCC(CC)(CO)CNC(=O)CCSc1ccc(C)cc1. The van der Waals surface area contributed by atoms with Crippen LogP contribution in [0.25, 0.3) is 0 Å². The van der Waals surface area contributed by atoms with E-state index < -0.39 is 0 Å². The van der Waals surface area contributed by atoms with Crippen LogP contribution in [0.4, 0.5) is 0 Å². The molecule has 0 aliphatic carbocycles. The fourth-order valence-electron chi connectivity index (χ4n) is 2.05. The quantitative estimate of drug-likeness (QED) is 0.687. The van der Waals surface area contributed by atoms with Gasteiger partial charge >= 0.3 is 0 Å². The molecule has 0 unspecified atom stereocenters. The van der Waals surface area contributed by atoms with Crippen LogP contribution in [0.1, 0.15) is 38.7 Å². The zero-order valence-corrected chi connectivity index (χ0v) is 14.1. The Bertz CT molecular complexity index is 419. The van der Waals surface area contributed by atoms with Gasteiger partial charge in [0.15, 0.2) is 0 Å². The molecule has 1 amide bonds. The molecule has 3 nitrogen and oxygen atoms in total. The van der Waals surface area contributed by atoms with Gasteiger partial charge in [-0.3, -0.25) is 4.79 Å². The second-order valence-corrected chi connectivity index (χ2v) is 6.72. The minimum atomic E-state index is -0.167. The van der Waals surface area contributed by atoms with Gasteiger partial charge in [-0.1, -0.05) is 31.5 Å². The molecule has 0 aliphatic heterocycles. The van der Waals surface area contributed by atoms with Crippen LogP contribution in [0.2, 0.25) is 0 Å². The number of thioether (sulfide) groups is 1. The first-order valence-corrected chi connectivity index (χ1v) is 8.61. The van der Waals surface area contributed by atoms with Crippen LogP contribution in [-0.2, 0) is 4.79 Å². The number of aryl methyl sites for hydroxylation is 1. The first-order valence-electron chi connectivity index (χ1n) is 7.62. The van der Waals surface area contributed by atoms with Crippen molar-refractivity contribution >= 4 is 17.7 Å². The van der Waals surface area contributed by atoms with E-state index in [4.69, 9.17) is 0 Å². The number of hydrogen-bond donors (Lipinski definition) is 2. The normalized spacial score (nSPS) is 11.4. The van der Waals surface area contributed by atoms with Gasteiger partial charge in [0.2, 0.25) is 5.91 Å². The Labute approximate surface area is 132 Å². The molecule has 0 aliphatic rings. The molecule has 0 fully saturated rings. The minimum absolute atomic E-state index is 0.0642. The zero-order valence-electron chi connectivity index (χ0n) is 13.3. The number of nitrogens with one attached hydrogen (secondary N) is 1. The maximum atomic E-state index is 11.9. The van der Waals surface area contributed by atoms with Gasteiger partial charge in [0.25, 0.3) is 0 Å². The first-order chi connectivity index (χ1) is 10.0. The van der Waals surface area contributed by atoms with Gasteiger partial charge < -0.3 is 10.4 Å². The molecule has 1 aromatic carbocycles. The summed E-state index contributed by atoms with van der Waals surface area (Å²) in [7, 11) is 0. The van der Waals surface area contributed by atoms with Crippen LogP contribution >= 0.6 is 11.8 Å². The Hall–Kier alpha value is -1.00. The van der Waals surface area contributed by atoms with Crippen LogP contribution in [0, 0.1) is 12.3 Å². The highest BCUT2D eigenvalue weighted by Gasteiger charge is 2.25. The molecule has 0 heterocycles. The first kappa shape index (κ1) is 18.1. The van der Waals surface area contributed by atoms with E-state index in [-0.39, 0.29) is 17.9 Å². The lowest BCUT2D eigenvalue weighted by Gasteiger charge is -2.29. The van der Waals surface area contributed by atoms with Crippen molar-refractivity contribution in [2.24, 2.45) is 5.41 Å². The lowest BCUT2D eigenvalue weighted by molar-refractivity contribution is -0.121. The molecule has 0 saturated carbocycles. The van der Waals surface area contributed by atoms with E-state index in [1.54, 1.807) is 11.8 Å². The van der Waals surface area contributed by atoms with E-state index in [0.29, 0.717) is 13.0 Å². The number of hydrogen-bond acceptors (Lipinski definition) is 3. The number of carbonyl (C=O) groups excluding carboxylic acids is 1. The van der Waals surface area contributed by atoms with Crippen LogP contribution in [0.5, 0.6) is 0 Å². The van der Waals surface area contributed by atoms with E-state index in [0.717, 1.165) is 18.6 Å². The average molecular weight is 309 g/mol.